The molecule has 4 aromatic rings. The third-order valence-corrected chi connectivity index (χ3v) is 6.05. The molecule has 4 heterocycles. The van der Waals surface area contributed by atoms with E-state index < -0.39 is 11.7 Å². The van der Waals surface area contributed by atoms with Gasteiger partial charge in [-0.15, -0.1) is 0 Å². The highest BCUT2D eigenvalue weighted by atomic mass is 19.4. The summed E-state index contributed by atoms with van der Waals surface area (Å²) in [6, 6.07) is 10.8. The van der Waals surface area contributed by atoms with Crippen LogP contribution in [-0.2, 0) is 12.7 Å². The number of hydrogen-bond acceptors (Lipinski definition) is 4. The molecule has 166 valence electrons. The molecule has 1 fully saturated rings. The van der Waals surface area contributed by atoms with Crippen LogP contribution in [0.3, 0.4) is 0 Å². The quantitative estimate of drug-likeness (QED) is 0.484. The Balaban J connectivity index is 1.29. The number of nitrogens with one attached hydrogen (secondary N) is 2. The topological polar surface area (TPSA) is 63.8 Å². The number of aromatic nitrogens is 4. The third-order valence-electron chi connectivity index (χ3n) is 6.05. The lowest BCUT2D eigenvalue weighted by atomic mass is 10.1. The maximum absolute atomic E-state index is 12.8. The Hall–Kier alpha value is -3.33. The molecular formula is C23H23F3N6. The number of hydrogen-bond donors (Lipinski definition) is 2. The average Bonchev–Trinajstić information content (AvgIpc) is 3.40. The molecule has 0 saturated carbocycles. The third kappa shape index (κ3) is 3.84. The smallest absolute Gasteiger partial charge is 0.360 e. The van der Waals surface area contributed by atoms with Crippen molar-refractivity contribution in [2.45, 2.75) is 25.7 Å². The number of pyridine rings is 1. The molecule has 9 heteroatoms. The van der Waals surface area contributed by atoms with E-state index in [1.807, 2.05) is 30.6 Å². The van der Waals surface area contributed by atoms with Gasteiger partial charge in [0, 0.05) is 66.6 Å². The molecule has 0 spiro atoms. The summed E-state index contributed by atoms with van der Waals surface area (Å²) in [4.78, 5) is 11.8. The minimum atomic E-state index is -4.37. The second-order valence-electron chi connectivity index (χ2n) is 8.20. The van der Waals surface area contributed by atoms with E-state index in [9.17, 15) is 13.2 Å². The molecule has 1 aliphatic rings. The van der Waals surface area contributed by atoms with Crippen molar-refractivity contribution in [2.24, 2.45) is 0 Å². The Morgan fingerprint density at radius 2 is 1.94 bits per heavy atom. The van der Waals surface area contributed by atoms with Crippen molar-refractivity contribution in [3.63, 3.8) is 0 Å². The molecule has 5 rings (SSSR count). The van der Waals surface area contributed by atoms with Crippen LogP contribution in [0.4, 0.5) is 19.0 Å². The van der Waals surface area contributed by atoms with Crippen molar-refractivity contribution in [2.75, 3.05) is 24.5 Å². The second kappa shape index (κ2) is 7.98. The highest BCUT2D eigenvalue weighted by Crippen LogP contribution is 2.32. The summed E-state index contributed by atoms with van der Waals surface area (Å²) >= 11 is 0. The van der Waals surface area contributed by atoms with Crippen LogP contribution in [0.25, 0.3) is 22.2 Å². The SMILES string of the molecule is C[C@@H]1CN(Cc2cn[nH]c2-c2c[nH]c3ccccc23)CCN1c1ccc(C(F)(F)F)cn1. The van der Waals surface area contributed by atoms with Gasteiger partial charge in [0.25, 0.3) is 0 Å². The van der Waals surface area contributed by atoms with Gasteiger partial charge < -0.3 is 9.88 Å². The molecule has 6 nitrogen and oxygen atoms in total. The van der Waals surface area contributed by atoms with Gasteiger partial charge in [-0.2, -0.15) is 18.3 Å². The Kier molecular flexibility index (Phi) is 5.13. The Bertz CT molecular complexity index is 1210. The van der Waals surface area contributed by atoms with E-state index >= 15 is 0 Å². The highest BCUT2D eigenvalue weighted by molar-refractivity contribution is 5.95. The fraction of sp³-hybridized carbons (Fsp3) is 0.304. The minimum Gasteiger partial charge on any atom is -0.360 e. The van der Waals surface area contributed by atoms with Gasteiger partial charge in [-0.25, -0.2) is 4.98 Å². The van der Waals surface area contributed by atoms with Crippen molar-refractivity contribution >= 4 is 16.7 Å². The molecule has 0 bridgehead atoms. The molecule has 0 aliphatic carbocycles. The first-order valence-corrected chi connectivity index (χ1v) is 10.5. The zero-order valence-corrected chi connectivity index (χ0v) is 17.5. The van der Waals surface area contributed by atoms with Gasteiger partial charge in [0.05, 0.1) is 17.5 Å². The molecule has 0 radical (unpaired) electrons. The normalized spacial score (nSPS) is 17.9. The van der Waals surface area contributed by atoms with E-state index in [1.165, 1.54) is 6.07 Å². The van der Waals surface area contributed by atoms with E-state index in [0.717, 1.165) is 59.6 Å². The van der Waals surface area contributed by atoms with E-state index in [4.69, 9.17) is 0 Å². The number of rotatable bonds is 4. The van der Waals surface area contributed by atoms with Gasteiger partial charge in [-0.05, 0) is 25.1 Å². The Morgan fingerprint density at radius 3 is 2.69 bits per heavy atom. The van der Waals surface area contributed by atoms with Gasteiger partial charge in [-0.3, -0.25) is 10.00 Å². The summed E-state index contributed by atoms with van der Waals surface area (Å²) in [5.74, 6) is 0.577. The summed E-state index contributed by atoms with van der Waals surface area (Å²) < 4.78 is 38.5. The molecule has 2 N–H and O–H groups in total. The van der Waals surface area contributed by atoms with E-state index in [-0.39, 0.29) is 6.04 Å². The standard InChI is InChI=1S/C23H23F3N6/c1-15-13-31(8-9-32(15)21-7-6-17(11-28-21)23(24,25)26)14-16-10-29-30-22(16)19-12-27-20-5-3-2-4-18(19)20/h2-7,10-12,15,27H,8-9,13-14H2,1H3,(H,29,30)/t15-/m1/s1. The van der Waals surface area contributed by atoms with Gasteiger partial charge >= 0.3 is 6.18 Å². The van der Waals surface area contributed by atoms with Crippen LogP contribution in [0.2, 0.25) is 0 Å². The average molecular weight is 440 g/mol. The van der Waals surface area contributed by atoms with Crippen LogP contribution in [0.1, 0.15) is 18.1 Å². The molecule has 0 unspecified atom stereocenters. The van der Waals surface area contributed by atoms with E-state index in [1.54, 1.807) is 0 Å². The highest BCUT2D eigenvalue weighted by Gasteiger charge is 2.32. The predicted molar refractivity (Wildman–Crippen MR) is 117 cm³/mol. The molecule has 1 saturated heterocycles. The summed E-state index contributed by atoms with van der Waals surface area (Å²) in [7, 11) is 0. The molecule has 1 aromatic carbocycles. The number of halogens is 3. The van der Waals surface area contributed by atoms with Gasteiger partial charge in [0.2, 0.25) is 0 Å². The fourth-order valence-electron chi connectivity index (χ4n) is 4.42. The summed E-state index contributed by atoms with van der Waals surface area (Å²) in [5, 5.41) is 8.57. The molecule has 0 amide bonds. The molecule has 1 atom stereocenters. The maximum Gasteiger partial charge on any atom is 0.417 e. The number of anilines is 1. The first-order valence-electron chi connectivity index (χ1n) is 10.5. The largest absolute Gasteiger partial charge is 0.417 e. The van der Waals surface area contributed by atoms with Crippen molar-refractivity contribution in [1.82, 2.24) is 25.1 Å². The molecule has 32 heavy (non-hydrogen) atoms. The van der Waals surface area contributed by atoms with Gasteiger partial charge in [0.1, 0.15) is 5.82 Å². The fourth-order valence-corrected chi connectivity index (χ4v) is 4.42. The van der Waals surface area contributed by atoms with Gasteiger partial charge in [0.15, 0.2) is 0 Å². The van der Waals surface area contributed by atoms with Crippen LogP contribution < -0.4 is 4.90 Å². The van der Waals surface area contributed by atoms with Crippen LogP contribution >= 0.6 is 0 Å². The summed E-state index contributed by atoms with van der Waals surface area (Å²) in [6.45, 7) is 5.07. The first kappa shape index (κ1) is 20.6. The molecular weight excluding hydrogens is 417 g/mol. The summed E-state index contributed by atoms with van der Waals surface area (Å²) in [6.07, 6.45) is 0.403. The van der Waals surface area contributed by atoms with Crippen molar-refractivity contribution in [1.29, 1.82) is 0 Å². The Morgan fingerprint density at radius 1 is 1.09 bits per heavy atom. The lowest BCUT2D eigenvalue weighted by molar-refractivity contribution is -0.137. The van der Waals surface area contributed by atoms with E-state index in [0.29, 0.717) is 12.4 Å². The van der Waals surface area contributed by atoms with Gasteiger partial charge in [-0.1, -0.05) is 18.2 Å². The number of fused-ring (bicyclic) bond motifs is 1. The van der Waals surface area contributed by atoms with Crippen molar-refractivity contribution < 1.29 is 13.2 Å². The second-order valence-corrected chi connectivity index (χ2v) is 8.20. The number of H-pyrrole nitrogens is 2. The number of para-hydroxylation sites is 1. The van der Waals surface area contributed by atoms with Crippen LogP contribution in [-0.4, -0.2) is 50.7 Å². The first-order chi connectivity index (χ1) is 15.4. The number of aromatic amines is 2. The monoisotopic (exact) mass is 440 g/mol. The zero-order chi connectivity index (χ0) is 22.3. The summed E-state index contributed by atoms with van der Waals surface area (Å²) in [5.41, 5.74) is 3.56. The predicted octanol–water partition coefficient (Wildman–Crippen LogP) is 4.68. The Labute approximate surface area is 183 Å². The number of alkyl halides is 3. The number of nitrogens with zero attached hydrogens (tertiary/aromatic N) is 4. The maximum atomic E-state index is 12.8. The lowest BCUT2D eigenvalue weighted by Gasteiger charge is -2.40. The van der Waals surface area contributed by atoms with Crippen LogP contribution in [0.15, 0.2) is 55.0 Å². The minimum absolute atomic E-state index is 0.122. The van der Waals surface area contributed by atoms with E-state index in [2.05, 4.69) is 43.0 Å². The zero-order valence-electron chi connectivity index (χ0n) is 17.5. The molecule has 3 aromatic heterocycles. The van der Waals surface area contributed by atoms with Crippen molar-refractivity contribution in [3.05, 3.63) is 66.1 Å². The molecule has 1 aliphatic heterocycles. The van der Waals surface area contributed by atoms with Crippen LogP contribution in [0.5, 0.6) is 0 Å². The number of benzene rings is 1. The van der Waals surface area contributed by atoms with Crippen molar-refractivity contribution in [3.8, 4) is 11.3 Å². The number of piperazine rings is 1. The lowest BCUT2D eigenvalue weighted by Crippen LogP contribution is -2.51. The van der Waals surface area contributed by atoms with Crippen LogP contribution in [0, 0.1) is 0 Å².